The third kappa shape index (κ3) is 3.47. The predicted octanol–water partition coefficient (Wildman–Crippen LogP) is 4.82. The van der Waals surface area contributed by atoms with Crippen molar-refractivity contribution in [2.24, 2.45) is 10.1 Å². The molecule has 0 amide bonds. The molecule has 0 saturated carbocycles. The van der Waals surface area contributed by atoms with Crippen molar-refractivity contribution < 1.29 is 9.31 Å². The molecule has 0 aliphatic carbocycles. The number of benzene rings is 3. The number of nitro groups is 1. The van der Waals surface area contributed by atoms with E-state index in [1.165, 1.54) is 24.3 Å². The molecule has 0 aromatic heterocycles. The average Bonchev–Trinajstić information content (AvgIpc) is 2.88. The molecule has 0 spiro atoms. The number of hydrazone groups is 1. The molecule has 0 radical (unpaired) electrons. The molecule has 0 unspecified atom stereocenters. The Kier molecular flexibility index (Phi) is 4.58. The van der Waals surface area contributed by atoms with Gasteiger partial charge >= 0.3 is 0 Å². The van der Waals surface area contributed by atoms with E-state index in [-0.39, 0.29) is 11.5 Å². The van der Waals surface area contributed by atoms with Crippen molar-refractivity contribution in [1.82, 2.24) is 5.43 Å². The maximum atomic E-state index is 13.2. The number of nitrogens with zero attached hydrogens (tertiary/aromatic N) is 3. The van der Waals surface area contributed by atoms with Gasteiger partial charge < -0.3 is 0 Å². The van der Waals surface area contributed by atoms with E-state index in [4.69, 9.17) is 11.6 Å². The highest BCUT2D eigenvalue weighted by molar-refractivity contribution is 6.31. The number of amidine groups is 1. The topological polar surface area (TPSA) is 79.9 Å². The number of hydrogen-bond acceptors (Lipinski definition) is 5. The van der Waals surface area contributed by atoms with Crippen molar-refractivity contribution in [2.75, 3.05) is 0 Å². The molecule has 1 aliphatic heterocycles. The molecule has 1 heterocycles. The molecule has 138 valence electrons. The van der Waals surface area contributed by atoms with E-state index in [0.717, 1.165) is 0 Å². The largest absolute Gasteiger partial charge is 0.269 e. The average molecular weight is 395 g/mol. The Bertz CT molecular complexity index is 1130. The minimum absolute atomic E-state index is 0.0134. The summed E-state index contributed by atoms with van der Waals surface area (Å²) < 4.78 is 13.2. The highest BCUT2D eigenvalue weighted by Gasteiger charge is 2.18. The van der Waals surface area contributed by atoms with E-state index >= 15 is 0 Å². The Morgan fingerprint density at radius 1 is 0.964 bits per heavy atom. The summed E-state index contributed by atoms with van der Waals surface area (Å²) in [6.07, 6.45) is 0. The number of fused-ring (bicyclic) bond motifs is 1. The Morgan fingerprint density at radius 2 is 1.64 bits per heavy atom. The first kappa shape index (κ1) is 17.8. The first-order valence-corrected chi connectivity index (χ1v) is 8.62. The summed E-state index contributed by atoms with van der Waals surface area (Å²) >= 11 is 6.17. The van der Waals surface area contributed by atoms with Crippen molar-refractivity contribution in [1.29, 1.82) is 0 Å². The summed E-state index contributed by atoms with van der Waals surface area (Å²) in [4.78, 5) is 15.1. The monoisotopic (exact) mass is 394 g/mol. The van der Waals surface area contributed by atoms with Gasteiger partial charge in [-0.2, -0.15) is 5.10 Å². The Morgan fingerprint density at radius 3 is 2.32 bits per heavy atom. The highest BCUT2D eigenvalue weighted by Crippen LogP contribution is 2.29. The molecule has 3 aromatic carbocycles. The summed E-state index contributed by atoms with van der Waals surface area (Å²) in [6, 6.07) is 17.1. The molecule has 1 aliphatic rings. The minimum atomic E-state index is -0.461. The summed E-state index contributed by atoms with van der Waals surface area (Å²) in [5.74, 6) is 0.0979. The Balaban J connectivity index is 1.82. The lowest BCUT2D eigenvalue weighted by Crippen LogP contribution is -2.19. The van der Waals surface area contributed by atoms with Crippen LogP contribution in [0.15, 0.2) is 76.8 Å². The SMILES string of the molecule is O=[N+]([O-])c1ccc(C2=NNC(c3ccc(F)cc3)=Nc3ccc(Cl)cc32)cc1. The first-order chi connectivity index (χ1) is 13.5. The van der Waals surface area contributed by atoms with Gasteiger partial charge in [0.05, 0.1) is 10.6 Å². The smallest absolute Gasteiger partial charge is 0.260 e. The van der Waals surface area contributed by atoms with Crippen LogP contribution in [0.5, 0.6) is 0 Å². The van der Waals surface area contributed by atoms with Crippen LogP contribution in [0.1, 0.15) is 16.7 Å². The van der Waals surface area contributed by atoms with Crippen molar-refractivity contribution in [2.45, 2.75) is 0 Å². The minimum Gasteiger partial charge on any atom is -0.260 e. The second-order valence-electron chi connectivity index (χ2n) is 6.00. The van der Waals surface area contributed by atoms with Crippen LogP contribution < -0.4 is 5.43 Å². The summed E-state index contributed by atoms with van der Waals surface area (Å²) in [7, 11) is 0. The van der Waals surface area contributed by atoms with Crippen LogP contribution in [-0.4, -0.2) is 16.5 Å². The molecule has 0 atom stereocenters. The fourth-order valence-electron chi connectivity index (χ4n) is 2.81. The first-order valence-electron chi connectivity index (χ1n) is 8.24. The number of halogens is 2. The van der Waals surface area contributed by atoms with Crippen LogP contribution in [0.3, 0.4) is 0 Å². The summed E-state index contributed by atoms with van der Waals surface area (Å²) in [5, 5.41) is 15.9. The maximum absolute atomic E-state index is 13.2. The zero-order chi connectivity index (χ0) is 19.7. The van der Waals surface area contributed by atoms with Crippen molar-refractivity contribution in [3.63, 3.8) is 0 Å². The molecule has 28 heavy (non-hydrogen) atoms. The van der Waals surface area contributed by atoms with E-state index < -0.39 is 4.92 Å². The van der Waals surface area contributed by atoms with Gasteiger partial charge in [0.25, 0.3) is 5.69 Å². The van der Waals surface area contributed by atoms with Gasteiger partial charge in [-0.25, -0.2) is 9.38 Å². The molecule has 0 bridgehead atoms. The lowest BCUT2D eigenvalue weighted by molar-refractivity contribution is -0.384. The summed E-state index contributed by atoms with van der Waals surface area (Å²) in [5.41, 5.74) is 6.05. The van der Waals surface area contributed by atoms with Crippen LogP contribution in [0.2, 0.25) is 5.02 Å². The van der Waals surface area contributed by atoms with E-state index in [0.29, 0.717) is 38.9 Å². The third-order valence-electron chi connectivity index (χ3n) is 4.19. The second-order valence-corrected chi connectivity index (χ2v) is 6.44. The van der Waals surface area contributed by atoms with Gasteiger partial charge in [-0.1, -0.05) is 11.6 Å². The molecular formula is C20H12ClFN4O2. The van der Waals surface area contributed by atoms with Gasteiger partial charge in [0.15, 0.2) is 5.84 Å². The lowest BCUT2D eigenvalue weighted by atomic mass is 10.0. The molecule has 4 rings (SSSR count). The van der Waals surface area contributed by atoms with E-state index in [1.54, 1.807) is 42.5 Å². The maximum Gasteiger partial charge on any atom is 0.269 e. The van der Waals surface area contributed by atoms with E-state index in [9.17, 15) is 14.5 Å². The lowest BCUT2D eigenvalue weighted by Gasteiger charge is -2.08. The zero-order valence-corrected chi connectivity index (χ0v) is 15.0. The third-order valence-corrected chi connectivity index (χ3v) is 4.42. The van der Waals surface area contributed by atoms with E-state index in [1.807, 2.05) is 0 Å². The van der Waals surface area contributed by atoms with Gasteiger partial charge in [-0.3, -0.25) is 15.5 Å². The number of aliphatic imine (C=N–C) groups is 1. The molecule has 8 heteroatoms. The van der Waals surface area contributed by atoms with Gasteiger partial charge in [0, 0.05) is 33.8 Å². The number of hydrogen-bond donors (Lipinski definition) is 1. The second kappa shape index (κ2) is 7.21. The molecule has 3 aromatic rings. The Hall–Kier alpha value is -3.58. The van der Waals surface area contributed by atoms with Gasteiger partial charge in [-0.05, 0) is 54.6 Å². The molecular weight excluding hydrogens is 383 g/mol. The number of nitrogens with one attached hydrogen (secondary N) is 1. The molecule has 1 N–H and O–H groups in total. The van der Waals surface area contributed by atoms with Crippen LogP contribution in [0.25, 0.3) is 0 Å². The molecule has 0 fully saturated rings. The van der Waals surface area contributed by atoms with Gasteiger partial charge in [0.2, 0.25) is 0 Å². The van der Waals surface area contributed by atoms with Crippen LogP contribution >= 0.6 is 11.6 Å². The highest BCUT2D eigenvalue weighted by atomic mass is 35.5. The fourth-order valence-corrected chi connectivity index (χ4v) is 2.98. The van der Waals surface area contributed by atoms with Crippen LogP contribution in [0, 0.1) is 15.9 Å². The predicted molar refractivity (Wildman–Crippen MR) is 106 cm³/mol. The zero-order valence-electron chi connectivity index (χ0n) is 14.3. The fraction of sp³-hybridized carbons (Fsp3) is 0. The Labute approximate surface area is 164 Å². The molecule has 6 nitrogen and oxygen atoms in total. The normalized spacial score (nSPS) is 12.9. The van der Waals surface area contributed by atoms with Crippen LogP contribution in [0.4, 0.5) is 15.8 Å². The van der Waals surface area contributed by atoms with Crippen molar-refractivity contribution >= 4 is 34.5 Å². The quantitative estimate of drug-likeness (QED) is 0.510. The summed E-state index contributed by atoms with van der Waals surface area (Å²) in [6.45, 7) is 0. The van der Waals surface area contributed by atoms with E-state index in [2.05, 4.69) is 15.5 Å². The van der Waals surface area contributed by atoms with Crippen molar-refractivity contribution in [3.05, 3.63) is 104 Å². The number of non-ortho nitro benzene ring substituents is 1. The van der Waals surface area contributed by atoms with Gasteiger partial charge in [-0.15, -0.1) is 0 Å². The molecule has 0 saturated heterocycles. The van der Waals surface area contributed by atoms with Crippen molar-refractivity contribution in [3.8, 4) is 0 Å². The number of nitro benzene ring substituents is 1. The van der Waals surface area contributed by atoms with Gasteiger partial charge in [0.1, 0.15) is 11.5 Å². The standard InChI is InChI=1S/C20H12ClFN4O2/c21-14-5-10-18-17(11-14)19(12-3-8-16(9-4-12)26(27)28)24-25-20(23-18)13-1-6-15(22)7-2-13/h1-11H,(H,23,25). The van der Waals surface area contributed by atoms with Crippen LogP contribution in [-0.2, 0) is 0 Å². The number of rotatable bonds is 3.